The lowest BCUT2D eigenvalue weighted by Crippen LogP contribution is -2.21. The smallest absolute Gasteiger partial charge is 0.210 e. The predicted octanol–water partition coefficient (Wildman–Crippen LogP) is 4.00. The summed E-state index contributed by atoms with van der Waals surface area (Å²) in [6.45, 7) is 5.87. The molecule has 1 aromatic heterocycles. The van der Waals surface area contributed by atoms with Gasteiger partial charge in [0.2, 0.25) is 5.13 Å². The maximum Gasteiger partial charge on any atom is 0.210 e. The van der Waals surface area contributed by atoms with Crippen LogP contribution in [0.3, 0.4) is 0 Å². The molecule has 3 rings (SSSR count). The van der Waals surface area contributed by atoms with Gasteiger partial charge in [-0.3, -0.25) is 0 Å². The second kappa shape index (κ2) is 7.66. The van der Waals surface area contributed by atoms with Gasteiger partial charge in [0.05, 0.1) is 15.1 Å². The number of aromatic nitrogens is 1. The zero-order chi connectivity index (χ0) is 19.6. The van der Waals surface area contributed by atoms with Crippen LogP contribution >= 0.6 is 11.3 Å². The van der Waals surface area contributed by atoms with Gasteiger partial charge >= 0.3 is 0 Å². The van der Waals surface area contributed by atoms with Crippen molar-refractivity contribution in [1.29, 1.82) is 0 Å². The van der Waals surface area contributed by atoms with E-state index in [-0.39, 0.29) is 10.6 Å². The highest BCUT2D eigenvalue weighted by Gasteiger charge is 2.11. The normalized spacial score (nSPS) is 12.1. The molecule has 0 fully saturated rings. The van der Waals surface area contributed by atoms with Gasteiger partial charge < -0.3 is 10.0 Å². The van der Waals surface area contributed by atoms with Crippen LogP contribution in [0.2, 0.25) is 0 Å². The second-order valence-electron chi connectivity index (χ2n) is 6.07. The minimum absolute atomic E-state index is 0.156. The first-order chi connectivity index (χ1) is 12.8. The molecule has 0 amide bonds. The van der Waals surface area contributed by atoms with Crippen LogP contribution in [0.4, 0.5) is 10.8 Å². The fraction of sp³-hybridized carbons (Fsp3) is 0.263. The van der Waals surface area contributed by atoms with Crippen molar-refractivity contribution in [2.24, 2.45) is 4.99 Å². The summed E-state index contributed by atoms with van der Waals surface area (Å²) < 4.78 is 24.1. The largest absolute Gasteiger partial charge is 0.507 e. The quantitative estimate of drug-likeness (QED) is 0.629. The molecule has 0 saturated heterocycles. The van der Waals surface area contributed by atoms with E-state index < -0.39 is 9.84 Å². The van der Waals surface area contributed by atoms with Crippen molar-refractivity contribution in [1.82, 2.24) is 4.98 Å². The number of phenols is 1. The van der Waals surface area contributed by atoms with Crippen LogP contribution in [0.5, 0.6) is 5.75 Å². The van der Waals surface area contributed by atoms with E-state index in [4.69, 9.17) is 0 Å². The van der Waals surface area contributed by atoms with Crippen LogP contribution < -0.4 is 4.90 Å². The number of aromatic hydroxyl groups is 1. The summed E-state index contributed by atoms with van der Waals surface area (Å²) in [4.78, 5) is 11.1. The first kappa shape index (κ1) is 19.3. The van der Waals surface area contributed by atoms with Crippen molar-refractivity contribution in [3.63, 3.8) is 0 Å². The fourth-order valence-electron chi connectivity index (χ4n) is 2.73. The molecule has 27 heavy (non-hydrogen) atoms. The van der Waals surface area contributed by atoms with E-state index in [1.807, 2.05) is 12.1 Å². The molecule has 0 aliphatic carbocycles. The van der Waals surface area contributed by atoms with Crippen LogP contribution in [-0.2, 0) is 9.84 Å². The van der Waals surface area contributed by atoms with E-state index in [0.717, 1.165) is 23.5 Å². The number of aliphatic imine (C=N–C) groups is 1. The number of anilines is 1. The summed E-state index contributed by atoms with van der Waals surface area (Å²) in [5.74, 6) is 0.156. The molecule has 0 aliphatic heterocycles. The number of nitrogens with zero attached hydrogens (tertiary/aromatic N) is 3. The van der Waals surface area contributed by atoms with E-state index in [2.05, 4.69) is 28.7 Å². The van der Waals surface area contributed by atoms with Crippen LogP contribution in [0.15, 0.2) is 46.3 Å². The summed E-state index contributed by atoms with van der Waals surface area (Å²) in [5, 5.41) is 10.8. The average molecular weight is 404 g/mol. The monoisotopic (exact) mass is 403 g/mol. The Morgan fingerprint density at radius 1 is 1.19 bits per heavy atom. The van der Waals surface area contributed by atoms with Crippen LogP contribution in [0, 0.1) is 0 Å². The summed E-state index contributed by atoms with van der Waals surface area (Å²) in [6.07, 6.45) is 2.75. The lowest BCUT2D eigenvalue weighted by atomic mass is 10.2. The van der Waals surface area contributed by atoms with E-state index in [9.17, 15) is 13.5 Å². The number of hydrogen-bond acceptors (Lipinski definition) is 7. The Labute approximate surface area is 162 Å². The highest BCUT2D eigenvalue weighted by molar-refractivity contribution is 7.90. The third kappa shape index (κ3) is 4.28. The van der Waals surface area contributed by atoms with E-state index >= 15 is 0 Å². The van der Waals surface area contributed by atoms with Crippen molar-refractivity contribution in [3.8, 4) is 5.75 Å². The molecule has 0 spiro atoms. The van der Waals surface area contributed by atoms with E-state index in [1.54, 1.807) is 30.5 Å². The van der Waals surface area contributed by atoms with Crippen molar-refractivity contribution in [2.75, 3.05) is 24.2 Å². The third-order valence-electron chi connectivity index (χ3n) is 4.23. The Hall–Kier alpha value is -2.45. The number of hydrogen-bond donors (Lipinski definition) is 1. The molecule has 0 aliphatic rings. The minimum atomic E-state index is -3.26. The van der Waals surface area contributed by atoms with Crippen LogP contribution in [0.1, 0.15) is 19.4 Å². The minimum Gasteiger partial charge on any atom is -0.507 e. The van der Waals surface area contributed by atoms with Gasteiger partial charge in [-0.1, -0.05) is 11.3 Å². The molecule has 6 nitrogen and oxygen atoms in total. The van der Waals surface area contributed by atoms with Crippen LogP contribution in [-0.4, -0.2) is 44.1 Å². The molecular formula is C19H21N3O3S2. The number of thiazole rings is 1. The van der Waals surface area contributed by atoms with Gasteiger partial charge in [-0.2, -0.15) is 0 Å². The summed E-state index contributed by atoms with van der Waals surface area (Å²) in [7, 11) is -3.26. The molecular weight excluding hydrogens is 382 g/mol. The highest BCUT2D eigenvalue weighted by atomic mass is 32.2. The van der Waals surface area contributed by atoms with Crippen LogP contribution in [0.25, 0.3) is 10.2 Å². The molecule has 2 aromatic carbocycles. The van der Waals surface area contributed by atoms with Gasteiger partial charge in [0.25, 0.3) is 0 Å². The molecule has 0 bridgehead atoms. The Morgan fingerprint density at radius 3 is 2.56 bits per heavy atom. The van der Waals surface area contributed by atoms with Crippen molar-refractivity contribution >= 4 is 48.4 Å². The van der Waals surface area contributed by atoms with Gasteiger partial charge in [-0.05, 0) is 44.2 Å². The fourth-order valence-corrected chi connectivity index (χ4v) is 4.30. The summed E-state index contributed by atoms with van der Waals surface area (Å²) in [5.41, 5.74) is 2.26. The van der Waals surface area contributed by atoms with Crippen molar-refractivity contribution in [3.05, 3.63) is 42.0 Å². The number of rotatable bonds is 6. The molecule has 8 heteroatoms. The maximum absolute atomic E-state index is 11.7. The number of phenolic OH excluding ortho intramolecular Hbond substituents is 1. The molecule has 0 radical (unpaired) electrons. The van der Waals surface area contributed by atoms with Crippen molar-refractivity contribution < 1.29 is 13.5 Å². The third-order valence-corrected chi connectivity index (χ3v) is 6.27. The van der Waals surface area contributed by atoms with Gasteiger partial charge in [0.15, 0.2) is 9.84 Å². The number of benzene rings is 2. The topological polar surface area (TPSA) is 82.9 Å². The Balaban J connectivity index is 1.87. The summed E-state index contributed by atoms with van der Waals surface area (Å²) >= 11 is 1.30. The lowest BCUT2D eigenvalue weighted by molar-refractivity contribution is 0.474. The predicted molar refractivity (Wildman–Crippen MR) is 112 cm³/mol. The number of fused-ring (bicyclic) bond motifs is 1. The molecule has 1 N–H and O–H groups in total. The molecule has 0 atom stereocenters. The first-order valence-electron chi connectivity index (χ1n) is 8.54. The van der Waals surface area contributed by atoms with Gasteiger partial charge in [-0.25, -0.2) is 18.4 Å². The standard InChI is InChI=1S/C19H21N3O3S2/c1-4-22(5-2)14-7-6-13(17(23)10-14)12-20-19-21-16-9-8-15(27(3,24)25)11-18(16)26-19/h6-12,23H,4-5H2,1-3H3/b20-12+. The molecule has 3 aromatic rings. The molecule has 142 valence electrons. The Bertz CT molecular complexity index is 1100. The summed E-state index contributed by atoms with van der Waals surface area (Å²) in [6, 6.07) is 10.3. The SMILES string of the molecule is CCN(CC)c1ccc(/C=N/c2nc3ccc(S(C)(=O)=O)cc3s2)c(O)c1. The average Bonchev–Trinajstić information content (AvgIpc) is 3.03. The number of sulfone groups is 1. The van der Waals surface area contributed by atoms with E-state index in [0.29, 0.717) is 16.2 Å². The van der Waals surface area contributed by atoms with Gasteiger partial charge in [0.1, 0.15) is 5.75 Å². The second-order valence-corrected chi connectivity index (χ2v) is 9.10. The molecule has 0 saturated carbocycles. The highest BCUT2D eigenvalue weighted by Crippen LogP contribution is 2.30. The lowest BCUT2D eigenvalue weighted by Gasteiger charge is -2.21. The molecule has 0 unspecified atom stereocenters. The molecule has 1 heterocycles. The van der Waals surface area contributed by atoms with Gasteiger partial charge in [0, 0.05) is 42.9 Å². The van der Waals surface area contributed by atoms with E-state index in [1.165, 1.54) is 17.6 Å². The Kier molecular flexibility index (Phi) is 5.48. The first-order valence-corrected chi connectivity index (χ1v) is 11.2. The zero-order valence-corrected chi connectivity index (χ0v) is 17.0. The zero-order valence-electron chi connectivity index (χ0n) is 15.4. The Morgan fingerprint density at radius 2 is 1.93 bits per heavy atom. The van der Waals surface area contributed by atoms with Crippen molar-refractivity contribution in [2.45, 2.75) is 18.7 Å². The van der Waals surface area contributed by atoms with Gasteiger partial charge in [-0.15, -0.1) is 0 Å². The maximum atomic E-state index is 11.7.